The largest absolute Gasteiger partial charge is 0.489 e. The van der Waals surface area contributed by atoms with Gasteiger partial charge in [0, 0.05) is 37.2 Å². The highest BCUT2D eigenvalue weighted by molar-refractivity contribution is 5.55. The molecule has 0 saturated heterocycles. The van der Waals surface area contributed by atoms with Crippen LogP contribution in [0.2, 0.25) is 0 Å². The van der Waals surface area contributed by atoms with E-state index in [-0.39, 0.29) is 6.61 Å². The van der Waals surface area contributed by atoms with E-state index in [9.17, 15) is 8.78 Å². The van der Waals surface area contributed by atoms with Gasteiger partial charge in [-0.15, -0.1) is 0 Å². The zero-order valence-electron chi connectivity index (χ0n) is 16.7. The molecule has 2 aromatic carbocycles. The van der Waals surface area contributed by atoms with Gasteiger partial charge in [-0.2, -0.15) is 0 Å². The molecule has 1 aliphatic heterocycles. The van der Waals surface area contributed by atoms with Crippen molar-refractivity contribution < 1.29 is 17.9 Å². The van der Waals surface area contributed by atoms with Crippen molar-refractivity contribution in [2.24, 2.45) is 0 Å². The summed E-state index contributed by atoms with van der Waals surface area (Å²) in [6.45, 7) is 2.01. The number of oxazole rings is 1. The Balaban J connectivity index is 1.25. The van der Waals surface area contributed by atoms with Crippen molar-refractivity contribution in [1.29, 1.82) is 0 Å². The van der Waals surface area contributed by atoms with E-state index in [2.05, 4.69) is 4.90 Å². The first-order valence-electron chi connectivity index (χ1n) is 10.5. The number of aromatic nitrogens is 1. The molecule has 2 heterocycles. The molecule has 0 amide bonds. The van der Waals surface area contributed by atoms with E-state index in [1.807, 2.05) is 24.3 Å². The average Bonchev–Trinajstić information content (AvgIpc) is 3.41. The van der Waals surface area contributed by atoms with Crippen LogP contribution in [0.4, 0.5) is 8.78 Å². The molecular formula is C24H24F2N2O2. The highest BCUT2D eigenvalue weighted by Gasteiger charge is 2.29. The number of nitrogens with zero attached hydrogens (tertiary/aromatic N) is 2. The highest BCUT2D eigenvalue weighted by Crippen LogP contribution is 2.31. The van der Waals surface area contributed by atoms with E-state index in [0.717, 1.165) is 42.6 Å². The van der Waals surface area contributed by atoms with Crippen molar-refractivity contribution in [3.8, 4) is 17.2 Å². The van der Waals surface area contributed by atoms with Crippen molar-refractivity contribution in [3.05, 3.63) is 71.1 Å². The molecule has 0 bridgehead atoms. The molecule has 4 nitrogen and oxygen atoms in total. The summed E-state index contributed by atoms with van der Waals surface area (Å²) < 4.78 is 38.3. The van der Waals surface area contributed by atoms with E-state index < -0.39 is 11.6 Å². The zero-order chi connectivity index (χ0) is 20.5. The number of hydrogen-bond donors (Lipinski definition) is 0. The Hall–Kier alpha value is -2.73. The molecule has 2 aliphatic rings. The fourth-order valence-corrected chi connectivity index (χ4v) is 4.48. The minimum atomic E-state index is -0.608. The lowest BCUT2D eigenvalue weighted by atomic mass is 10.1. The molecule has 0 atom stereocenters. The summed E-state index contributed by atoms with van der Waals surface area (Å²) in [6.07, 6.45) is 6.17. The Bertz CT molecular complexity index is 1010. The van der Waals surface area contributed by atoms with Crippen LogP contribution in [0.1, 0.15) is 42.7 Å². The van der Waals surface area contributed by atoms with Crippen molar-refractivity contribution in [2.45, 2.75) is 51.3 Å². The predicted molar refractivity (Wildman–Crippen MR) is 109 cm³/mol. The normalized spacial score (nSPS) is 17.3. The number of ether oxygens (including phenoxy) is 1. The first kappa shape index (κ1) is 19.2. The van der Waals surface area contributed by atoms with Crippen LogP contribution in [0.25, 0.3) is 11.5 Å². The molecule has 5 rings (SSSR count). The molecule has 1 saturated carbocycles. The van der Waals surface area contributed by atoms with Gasteiger partial charge in [-0.1, -0.05) is 12.8 Å². The Morgan fingerprint density at radius 1 is 1.03 bits per heavy atom. The van der Waals surface area contributed by atoms with E-state index in [1.54, 1.807) is 0 Å². The average molecular weight is 410 g/mol. The van der Waals surface area contributed by atoms with Gasteiger partial charge in [0.05, 0.1) is 5.69 Å². The minimum Gasteiger partial charge on any atom is -0.489 e. The zero-order valence-corrected chi connectivity index (χ0v) is 16.7. The van der Waals surface area contributed by atoms with Crippen LogP contribution in [0, 0.1) is 11.6 Å². The maximum Gasteiger partial charge on any atom is 0.226 e. The van der Waals surface area contributed by atoms with E-state index in [1.165, 1.54) is 37.8 Å². The fourth-order valence-electron chi connectivity index (χ4n) is 4.48. The molecule has 0 N–H and O–H groups in total. The third-order valence-corrected chi connectivity index (χ3v) is 6.03. The van der Waals surface area contributed by atoms with Gasteiger partial charge >= 0.3 is 0 Å². The third kappa shape index (κ3) is 4.10. The molecule has 1 fully saturated rings. The molecule has 3 aromatic rings. The summed E-state index contributed by atoms with van der Waals surface area (Å²) in [7, 11) is 0. The first-order chi connectivity index (χ1) is 14.6. The van der Waals surface area contributed by atoms with E-state index in [0.29, 0.717) is 23.2 Å². The van der Waals surface area contributed by atoms with Gasteiger partial charge in [0.15, 0.2) is 0 Å². The van der Waals surface area contributed by atoms with Crippen LogP contribution in [0.5, 0.6) is 5.75 Å². The highest BCUT2D eigenvalue weighted by atomic mass is 19.1. The topological polar surface area (TPSA) is 38.5 Å². The number of benzene rings is 2. The summed E-state index contributed by atoms with van der Waals surface area (Å²) in [4.78, 5) is 7.30. The molecule has 1 aliphatic carbocycles. The summed E-state index contributed by atoms with van der Waals surface area (Å²) in [5.41, 5.74) is 2.39. The number of fused-ring (bicyclic) bond motifs is 1. The Morgan fingerprint density at radius 3 is 2.50 bits per heavy atom. The molecule has 0 radical (unpaired) electrons. The van der Waals surface area contributed by atoms with Gasteiger partial charge in [-0.05, 0) is 54.8 Å². The van der Waals surface area contributed by atoms with Crippen molar-refractivity contribution in [3.63, 3.8) is 0 Å². The monoisotopic (exact) mass is 410 g/mol. The second kappa shape index (κ2) is 8.19. The summed E-state index contributed by atoms with van der Waals surface area (Å²) in [5, 5.41) is 0. The van der Waals surface area contributed by atoms with Crippen molar-refractivity contribution >= 4 is 0 Å². The lowest BCUT2D eigenvalue weighted by Gasteiger charge is -2.30. The van der Waals surface area contributed by atoms with Gasteiger partial charge < -0.3 is 9.15 Å². The summed E-state index contributed by atoms with van der Waals surface area (Å²) in [6, 6.07) is 11.5. The van der Waals surface area contributed by atoms with Crippen LogP contribution >= 0.6 is 0 Å². The summed E-state index contributed by atoms with van der Waals surface area (Å²) >= 11 is 0. The van der Waals surface area contributed by atoms with Gasteiger partial charge in [0.1, 0.15) is 29.8 Å². The maximum atomic E-state index is 13.3. The van der Waals surface area contributed by atoms with Gasteiger partial charge in [0.25, 0.3) is 0 Å². The Labute approximate surface area is 174 Å². The van der Waals surface area contributed by atoms with Crippen molar-refractivity contribution in [2.75, 3.05) is 6.54 Å². The predicted octanol–water partition coefficient (Wildman–Crippen LogP) is 5.50. The number of hydrogen-bond acceptors (Lipinski definition) is 4. The molecule has 0 unspecified atom stereocenters. The van der Waals surface area contributed by atoms with Crippen LogP contribution < -0.4 is 4.74 Å². The third-order valence-electron chi connectivity index (χ3n) is 6.03. The smallest absolute Gasteiger partial charge is 0.226 e. The van der Waals surface area contributed by atoms with E-state index >= 15 is 0 Å². The van der Waals surface area contributed by atoms with Gasteiger partial charge in [-0.3, -0.25) is 4.90 Å². The lowest BCUT2D eigenvalue weighted by molar-refractivity contribution is 0.172. The van der Waals surface area contributed by atoms with Gasteiger partial charge in [0.2, 0.25) is 5.89 Å². The standard InChI is InChI=1S/C24H24F2N2O2/c25-18-11-16(12-19(26)13-18)15-29-21-7-5-17(6-8-21)24-27-22-14-28(10-9-23(22)30-24)20-3-1-2-4-20/h5-8,11-13,20H,1-4,9-10,14-15H2. The second-order valence-electron chi connectivity index (χ2n) is 8.14. The van der Waals surface area contributed by atoms with Crippen LogP contribution in [-0.2, 0) is 19.6 Å². The molecule has 156 valence electrons. The van der Waals surface area contributed by atoms with Crippen LogP contribution in [0.15, 0.2) is 46.9 Å². The Morgan fingerprint density at radius 2 is 1.77 bits per heavy atom. The number of halogens is 2. The molecule has 30 heavy (non-hydrogen) atoms. The molecule has 6 heteroatoms. The van der Waals surface area contributed by atoms with Crippen LogP contribution in [-0.4, -0.2) is 22.5 Å². The molecular weight excluding hydrogens is 386 g/mol. The Kier molecular flexibility index (Phi) is 5.25. The fraction of sp³-hybridized carbons (Fsp3) is 0.375. The van der Waals surface area contributed by atoms with Gasteiger partial charge in [-0.25, -0.2) is 13.8 Å². The molecule has 0 spiro atoms. The number of rotatable bonds is 5. The molecule has 1 aromatic heterocycles. The SMILES string of the molecule is Fc1cc(F)cc(COc2ccc(-c3nc4c(o3)CCN(C3CCCC3)C4)cc2)c1. The maximum absolute atomic E-state index is 13.3. The first-order valence-corrected chi connectivity index (χ1v) is 10.5. The quantitative estimate of drug-likeness (QED) is 0.557. The van der Waals surface area contributed by atoms with E-state index in [4.69, 9.17) is 14.1 Å². The second-order valence-corrected chi connectivity index (χ2v) is 8.14. The van der Waals surface area contributed by atoms with Crippen LogP contribution in [0.3, 0.4) is 0 Å². The summed E-state index contributed by atoms with van der Waals surface area (Å²) in [5.74, 6) is 1.03. The minimum absolute atomic E-state index is 0.0956. The lowest BCUT2D eigenvalue weighted by Crippen LogP contribution is -2.37. The van der Waals surface area contributed by atoms with Crippen molar-refractivity contribution in [1.82, 2.24) is 9.88 Å².